The smallest absolute Gasteiger partial charge is 0.320 e. The molecule has 3 rings (SSSR count). The van der Waals surface area contributed by atoms with Crippen LogP contribution in [-0.4, -0.2) is 48.1 Å². The SMILES string of the molecule is O=C1N(Cc2cc(Cl)ccc2Cl)CCN1C1CCNCC1. The Kier molecular flexibility index (Phi) is 4.57. The van der Waals surface area contributed by atoms with E-state index in [0.717, 1.165) is 44.6 Å². The molecule has 1 aromatic rings. The molecule has 21 heavy (non-hydrogen) atoms. The lowest BCUT2D eigenvalue weighted by atomic mass is 10.1. The molecule has 2 fully saturated rings. The molecule has 6 heteroatoms. The number of halogens is 2. The predicted molar refractivity (Wildman–Crippen MR) is 84.9 cm³/mol. The number of piperidine rings is 1. The van der Waals surface area contributed by atoms with Gasteiger partial charge in [0.25, 0.3) is 0 Å². The quantitative estimate of drug-likeness (QED) is 0.926. The molecule has 114 valence electrons. The van der Waals surface area contributed by atoms with Crippen LogP contribution >= 0.6 is 23.2 Å². The highest BCUT2D eigenvalue weighted by molar-refractivity contribution is 6.33. The van der Waals surface area contributed by atoms with Crippen LogP contribution in [0.1, 0.15) is 18.4 Å². The van der Waals surface area contributed by atoms with E-state index in [1.54, 1.807) is 12.1 Å². The summed E-state index contributed by atoms with van der Waals surface area (Å²) in [5.74, 6) is 0. The molecular weight excluding hydrogens is 309 g/mol. The summed E-state index contributed by atoms with van der Waals surface area (Å²) in [6.45, 7) is 4.08. The summed E-state index contributed by atoms with van der Waals surface area (Å²) < 4.78 is 0. The van der Waals surface area contributed by atoms with Gasteiger partial charge in [0, 0.05) is 35.7 Å². The van der Waals surface area contributed by atoms with E-state index in [9.17, 15) is 4.79 Å². The Morgan fingerprint density at radius 3 is 2.71 bits per heavy atom. The van der Waals surface area contributed by atoms with Crippen LogP contribution in [0, 0.1) is 0 Å². The van der Waals surface area contributed by atoms with Crippen molar-refractivity contribution >= 4 is 29.2 Å². The average molecular weight is 328 g/mol. The zero-order chi connectivity index (χ0) is 14.8. The van der Waals surface area contributed by atoms with Crippen LogP contribution in [0.25, 0.3) is 0 Å². The second-order valence-corrected chi connectivity index (χ2v) is 6.46. The number of nitrogens with zero attached hydrogens (tertiary/aromatic N) is 2. The molecule has 0 aliphatic carbocycles. The highest BCUT2D eigenvalue weighted by Gasteiger charge is 2.34. The second kappa shape index (κ2) is 6.42. The van der Waals surface area contributed by atoms with E-state index in [2.05, 4.69) is 5.32 Å². The van der Waals surface area contributed by atoms with Crippen molar-refractivity contribution in [2.24, 2.45) is 0 Å². The van der Waals surface area contributed by atoms with Crippen molar-refractivity contribution in [1.82, 2.24) is 15.1 Å². The predicted octanol–water partition coefficient (Wildman–Crippen LogP) is 2.98. The molecule has 0 unspecified atom stereocenters. The van der Waals surface area contributed by atoms with Crippen molar-refractivity contribution in [3.8, 4) is 0 Å². The first-order valence-electron chi connectivity index (χ1n) is 7.35. The number of carbonyl (C=O) groups is 1. The van der Waals surface area contributed by atoms with Crippen LogP contribution in [0.2, 0.25) is 10.0 Å². The maximum absolute atomic E-state index is 12.6. The van der Waals surface area contributed by atoms with Crippen LogP contribution in [0.3, 0.4) is 0 Å². The summed E-state index contributed by atoms with van der Waals surface area (Å²) in [6, 6.07) is 5.88. The summed E-state index contributed by atoms with van der Waals surface area (Å²) in [4.78, 5) is 16.4. The third kappa shape index (κ3) is 3.28. The van der Waals surface area contributed by atoms with E-state index in [4.69, 9.17) is 23.2 Å². The van der Waals surface area contributed by atoms with E-state index >= 15 is 0 Å². The molecule has 0 bridgehead atoms. The van der Waals surface area contributed by atoms with Gasteiger partial charge < -0.3 is 15.1 Å². The lowest BCUT2D eigenvalue weighted by molar-refractivity contribution is 0.165. The molecule has 0 radical (unpaired) electrons. The minimum absolute atomic E-state index is 0.123. The first kappa shape index (κ1) is 14.9. The maximum atomic E-state index is 12.6. The van der Waals surface area contributed by atoms with Gasteiger partial charge in [-0.15, -0.1) is 0 Å². The molecule has 2 aliphatic rings. The molecule has 4 nitrogen and oxygen atoms in total. The minimum Gasteiger partial charge on any atom is -0.320 e. The fourth-order valence-electron chi connectivity index (χ4n) is 3.08. The van der Waals surface area contributed by atoms with Crippen molar-refractivity contribution in [3.05, 3.63) is 33.8 Å². The maximum Gasteiger partial charge on any atom is 0.320 e. The highest BCUT2D eigenvalue weighted by atomic mass is 35.5. The molecule has 2 saturated heterocycles. The zero-order valence-corrected chi connectivity index (χ0v) is 13.3. The van der Waals surface area contributed by atoms with Crippen LogP contribution < -0.4 is 5.32 Å². The van der Waals surface area contributed by atoms with E-state index in [-0.39, 0.29) is 6.03 Å². The van der Waals surface area contributed by atoms with Crippen LogP contribution in [0.5, 0.6) is 0 Å². The van der Waals surface area contributed by atoms with Crippen molar-refractivity contribution < 1.29 is 4.79 Å². The summed E-state index contributed by atoms with van der Waals surface area (Å²) in [5.41, 5.74) is 0.907. The molecule has 0 spiro atoms. The van der Waals surface area contributed by atoms with Gasteiger partial charge in [0.05, 0.1) is 0 Å². The van der Waals surface area contributed by atoms with Crippen LogP contribution in [0.4, 0.5) is 4.79 Å². The third-order valence-electron chi connectivity index (χ3n) is 4.25. The highest BCUT2D eigenvalue weighted by Crippen LogP contribution is 2.25. The summed E-state index contributed by atoms with van der Waals surface area (Å²) in [5, 5.41) is 4.64. The monoisotopic (exact) mass is 327 g/mol. The zero-order valence-electron chi connectivity index (χ0n) is 11.8. The van der Waals surface area contributed by atoms with E-state index in [1.807, 2.05) is 15.9 Å². The molecule has 2 amide bonds. The molecule has 0 atom stereocenters. The first-order chi connectivity index (χ1) is 10.1. The topological polar surface area (TPSA) is 35.6 Å². The van der Waals surface area contributed by atoms with Gasteiger partial charge in [0.15, 0.2) is 0 Å². The van der Waals surface area contributed by atoms with Crippen molar-refractivity contribution in [3.63, 3.8) is 0 Å². The van der Waals surface area contributed by atoms with Crippen molar-refractivity contribution in [2.45, 2.75) is 25.4 Å². The lowest BCUT2D eigenvalue weighted by Crippen LogP contribution is -2.45. The van der Waals surface area contributed by atoms with Gasteiger partial charge in [-0.05, 0) is 49.7 Å². The van der Waals surface area contributed by atoms with Crippen molar-refractivity contribution in [2.75, 3.05) is 26.2 Å². The number of carbonyl (C=O) groups excluding carboxylic acids is 1. The first-order valence-corrected chi connectivity index (χ1v) is 8.11. The number of amides is 2. The largest absolute Gasteiger partial charge is 0.320 e. The number of urea groups is 1. The van der Waals surface area contributed by atoms with Gasteiger partial charge in [-0.2, -0.15) is 0 Å². The molecule has 2 heterocycles. The number of hydrogen-bond acceptors (Lipinski definition) is 2. The average Bonchev–Trinajstić information content (AvgIpc) is 2.85. The fourth-order valence-corrected chi connectivity index (χ4v) is 3.45. The van der Waals surface area contributed by atoms with E-state index < -0.39 is 0 Å². The Bertz CT molecular complexity index is 532. The van der Waals surface area contributed by atoms with Gasteiger partial charge in [-0.1, -0.05) is 23.2 Å². The molecule has 1 N–H and O–H groups in total. The summed E-state index contributed by atoms with van der Waals surface area (Å²) >= 11 is 12.2. The summed E-state index contributed by atoms with van der Waals surface area (Å²) in [7, 11) is 0. The Morgan fingerprint density at radius 2 is 1.95 bits per heavy atom. The Balaban J connectivity index is 1.67. The van der Waals surface area contributed by atoms with Gasteiger partial charge in [-0.25, -0.2) is 4.79 Å². The van der Waals surface area contributed by atoms with Crippen LogP contribution in [-0.2, 0) is 6.54 Å². The number of nitrogens with one attached hydrogen (secondary N) is 1. The minimum atomic E-state index is 0.123. The molecule has 2 aliphatic heterocycles. The van der Waals surface area contributed by atoms with Gasteiger partial charge in [0.1, 0.15) is 0 Å². The molecule has 1 aromatic carbocycles. The number of rotatable bonds is 3. The van der Waals surface area contributed by atoms with Gasteiger partial charge in [0.2, 0.25) is 0 Å². The fraction of sp³-hybridized carbons (Fsp3) is 0.533. The van der Waals surface area contributed by atoms with E-state index in [1.165, 1.54) is 0 Å². The van der Waals surface area contributed by atoms with E-state index in [0.29, 0.717) is 22.6 Å². The molecule has 0 saturated carbocycles. The van der Waals surface area contributed by atoms with Crippen molar-refractivity contribution in [1.29, 1.82) is 0 Å². The Morgan fingerprint density at radius 1 is 1.19 bits per heavy atom. The number of hydrogen-bond donors (Lipinski definition) is 1. The van der Waals surface area contributed by atoms with Gasteiger partial charge >= 0.3 is 6.03 Å². The van der Waals surface area contributed by atoms with Gasteiger partial charge in [-0.3, -0.25) is 0 Å². The van der Waals surface area contributed by atoms with Crippen LogP contribution in [0.15, 0.2) is 18.2 Å². The lowest BCUT2D eigenvalue weighted by Gasteiger charge is -2.31. The standard InChI is InChI=1S/C15H19Cl2N3O/c16-12-1-2-14(17)11(9-12)10-19-7-8-20(15(19)21)13-3-5-18-6-4-13/h1-2,9,13,18H,3-8,10H2. The Hall–Kier alpha value is -0.970. The summed E-state index contributed by atoms with van der Waals surface area (Å²) in [6.07, 6.45) is 2.08. The second-order valence-electron chi connectivity index (χ2n) is 5.61. The molecule has 0 aromatic heterocycles. The molecular formula is C15H19Cl2N3O. The third-order valence-corrected chi connectivity index (χ3v) is 4.85. The number of benzene rings is 1. The Labute approximate surface area is 135 Å². The normalized spacial score (nSPS) is 20.4.